The molecule has 0 saturated carbocycles. The van der Waals surface area contributed by atoms with Gasteiger partial charge in [0.1, 0.15) is 0 Å². The first-order chi connectivity index (χ1) is 10.1. The molecule has 0 radical (unpaired) electrons. The van der Waals surface area contributed by atoms with Crippen molar-refractivity contribution in [1.82, 2.24) is 4.98 Å². The van der Waals surface area contributed by atoms with Crippen molar-refractivity contribution in [2.45, 2.75) is 0 Å². The SMILES string of the molecule is N#Cc1ccc2c(C(=O)c3cc(Cl)cc(Br)c3)c[nH]c2c1. The van der Waals surface area contributed by atoms with Gasteiger partial charge in [-0.25, -0.2) is 0 Å². The molecule has 102 valence electrons. The first kappa shape index (κ1) is 13.9. The van der Waals surface area contributed by atoms with Gasteiger partial charge in [-0.1, -0.05) is 33.6 Å². The molecular weight excluding hydrogens is 352 g/mol. The number of fused-ring (bicyclic) bond motifs is 1. The Kier molecular flexibility index (Phi) is 3.54. The van der Waals surface area contributed by atoms with Crippen LogP contribution in [-0.4, -0.2) is 10.8 Å². The van der Waals surface area contributed by atoms with Crippen molar-refractivity contribution in [1.29, 1.82) is 5.26 Å². The number of aromatic amines is 1. The zero-order valence-electron chi connectivity index (χ0n) is 10.7. The van der Waals surface area contributed by atoms with Gasteiger partial charge in [0.15, 0.2) is 5.78 Å². The van der Waals surface area contributed by atoms with Gasteiger partial charge in [0, 0.05) is 37.7 Å². The van der Waals surface area contributed by atoms with Gasteiger partial charge in [0.05, 0.1) is 11.6 Å². The average molecular weight is 360 g/mol. The maximum Gasteiger partial charge on any atom is 0.195 e. The minimum atomic E-state index is -0.117. The van der Waals surface area contributed by atoms with Crippen molar-refractivity contribution in [3.8, 4) is 6.07 Å². The maximum atomic E-state index is 12.6. The van der Waals surface area contributed by atoms with Gasteiger partial charge in [0.25, 0.3) is 0 Å². The summed E-state index contributed by atoms with van der Waals surface area (Å²) in [6, 6.07) is 12.4. The van der Waals surface area contributed by atoms with Gasteiger partial charge in [-0.15, -0.1) is 0 Å². The molecule has 3 rings (SSSR count). The molecule has 0 amide bonds. The maximum absolute atomic E-state index is 12.6. The molecule has 3 aromatic rings. The number of nitrogens with zero attached hydrogens (tertiary/aromatic N) is 1. The van der Waals surface area contributed by atoms with Gasteiger partial charge < -0.3 is 4.98 Å². The normalized spacial score (nSPS) is 10.5. The minimum Gasteiger partial charge on any atom is -0.360 e. The summed E-state index contributed by atoms with van der Waals surface area (Å²) in [6.45, 7) is 0. The smallest absolute Gasteiger partial charge is 0.195 e. The molecular formula is C16H8BrClN2O. The van der Waals surface area contributed by atoms with Crippen LogP contribution in [0.15, 0.2) is 47.1 Å². The molecule has 2 aromatic carbocycles. The first-order valence-corrected chi connectivity index (χ1v) is 7.27. The first-order valence-electron chi connectivity index (χ1n) is 6.10. The van der Waals surface area contributed by atoms with Crippen molar-refractivity contribution in [2.75, 3.05) is 0 Å². The average Bonchev–Trinajstić information content (AvgIpc) is 2.88. The highest BCUT2D eigenvalue weighted by molar-refractivity contribution is 9.10. The van der Waals surface area contributed by atoms with Crippen LogP contribution in [-0.2, 0) is 0 Å². The lowest BCUT2D eigenvalue weighted by atomic mass is 10.0. The van der Waals surface area contributed by atoms with E-state index in [1.54, 1.807) is 42.6 Å². The van der Waals surface area contributed by atoms with E-state index in [0.717, 1.165) is 15.4 Å². The Morgan fingerprint density at radius 3 is 2.76 bits per heavy atom. The van der Waals surface area contributed by atoms with Crippen LogP contribution in [0.25, 0.3) is 10.9 Å². The molecule has 0 saturated heterocycles. The van der Waals surface area contributed by atoms with E-state index < -0.39 is 0 Å². The third-order valence-corrected chi connectivity index (χ3v) is 3.86. The number of hydrogen-bond acceptors (Lipinski definition) is 2. The van der Waals surface area contributed by atoms with Crippen molar-refractivity contribution < 1.29 is 4.79 Å². The van der Waals surface area contributed by atoms with E-state index in [1.807, 2.05) is 0 Å². The molecule has 1 heterocycles. The van der Waals surface area contributed by atoms with E-state index in [1.165, 1.54) is 0 Å². The molecule has 5 heteroatoms. The van der Waals surface area contributed by atoms with Gasteiger partial charge in [0.2, 0.25) is 0 Å². The predicted octanol–water partition coefficient (Wildman–Crippen LogP) is 4.69. The molecule has 21 heavy (non-hydrogen) atoms. The van der Waals surface area contributed by atoms with Crippen molar-refractivity contribution in [3.63, 3.8) is 0 Å². The van der Waals surface area contributed by atoms with E-state index in [4.69, 9.17) is 16.9 Å². The third kappa shape index (κ3) is 2.58. The van der Waals surface area contributed by atoms with Crippen molar-refractivity contribution in [3.05, 3.63) is 68.8 Å². The number of halogens is 2. The number of rotatable bonds is 2. The van der Waals surface area contributed by atoms with Gasteiger partial charge in [-0.05, 0) is 30.3 Å². The summed E-state index contributed by atoms with van der Waals surface area (Å²) in [4.78, 5) is 15.6. The third-order valence-electron chi connectivity index (χ3n) is 3.18. The summed E-state index contributed by atoms with van der Waals surface area (Å²) in [5, 5.41) is 10.2. The lowest BCUT2D eigenvalue weighted by molar-refractivity contribution is 0.104. The summed E-state index contributed by atoms with van der Waals surface area (Å²) < 4.78 is 0.755. The largest absolute Gasteiger partial charge is 0.360 e. The monoisotopic (exact) mass is 358 g/mol. The Labute approximate surface area is 134 Å². The summed E-state index contributed by atoms with van der Waals surface area (Å²) >= 11 is 9.32. The lowest BCUT2D eigenvalue weighted by Crippen LogP contribution is -2.00. The molecule has 3 nitrogen and oxygen atoms in total. The second-order valence-corrected chi connectivity index (χ2v) is 5.91. The Bertz CT molecular complexity index is 888. The molecule has 0 atom stereocenters. The number of carbonyl (C=O) groups excluding carboxylic acids is 1. The quantitative estimate of drug-likeness (QED) is 0.675. The number of carbonyl (C=O) groups is 1. The Balaban J connectivity index is 2.12. The Morgan fingerprint density at radius 1 is 1.24 bits per heavy atom. The van der Waals surface area contributed by atoms with Crippen LogP contribution < -0.4 is 0 Å². The standard InChI is InChI=1S/C16H8BrClN2O/c17-11-4-10(5-12(18)6-11)16(21)14-8-20-15-3-9(7-19)1-2-13(14)15/h1-6,8,20H. The van der Waals surface area contributed by atoms with E-state index >= 15 is 0 Å². The molecule has 1 aromatic heterocycles. The lowest BCUT2D eigenvalue weighted by Gasteiger charge is -2.02. The van der Waals surface area contributed by atoms with Crippen LogP contribution in [0.2, 0.25) is 5.02 Å². The number of aromatic nitrogens is 1. The van der Waals surface area contributed by atoms with E-state index in [2.05, 4.69) is 27.0 Å². The second kappa shape index (κ2) is 5.36. The van der Waals surface area contributed by atoms with Crippen LogP contribution >= 0.6 is 27.5 Å². The topological polar surface area (TPSA) is 56.6 Å². The molecule has 0 fully saturated rings. The highest BCUT2D eigenvalue weighted by atomic mass is 79.9. The van der Waals surface area contributed by atoms with E-state index in [9.17, 15) is 4.79 Å². The summed E-state index contributed by atoms with van der Waals surface area (Å²) in [5.41, 5.74) is 2.38. The molecule has 0 bridgehead atoms. The summed E-state index contributed by atoms with van der Waals surface area (Å²) in [6.07, 6.45) is 1.66. The summed E-state index contributed by atoms with van der Waals surface area (Å²) in [5.74, 6) is -0.117. The van der Waals surface area contributed by atoms with Crippen molar-refractivity contribution >= 4 is 44.2 Å². The number of hydrogen-bond donors (Lipinski definition) is 1. The van der Waals surface area contributed by atoms with Gasteiger partial charge in [-0.2, -0.15) is 5.26 Å². The van der Waals surface area contributed by atoms with Gasteiger partial charge in [-0.3, -0.25) is 4.79 Å². The minimum absolute atomic E-state index is 0.117. The van der Waals surface area contributed by atoms with E-state index in [0.29, 0.717) is 21.7 Å². The van der Waals surface area contributed by atoms with Crippen molar-refractivity contribution in [2.24, 2.45) is 0 Å². The summed E-state index contributed by atoms with van der Waals surface area (Å²) in [7, 11) is 0. The molecule has 0 aliphatic carbocycles. The molecule has 0 aliphatic heterocycles. The highest BCUT2D eigenvalue weighted by Crippen LogP contribution is 2.25. The van der Waals surface area contributed by atoms with Crippen LogP contribution in [0.3, 0.4) is 0 Å². The highest BCUT2D eigenvalue weighted by Gasteiger charge is 2.15. The molecule has 0 unspecified atom stereocenters. The number of ketones is 1. The van der Waals surface area contributed by atoms with Crippen LogP contribution in [0.4, 0.5) is 0 Å². The molecule has 0 aliphatic rings. The van der Waals surface area contributed by atoms with Crippen LogP contribution in [0.1, 0.15) is 21.5 Å². The number of H-pyrrole nitrogens is 1. The molecule has 1 N–H and O–H groups in total. The number of nitrogens with one attached hydrogen (secondary N) is 1. The fraction of sp³-hybridized carbons (Fsp3) is 0. The van der Waals surface area contributed by atoms with Crippen LogP contribution in [0.5, 0.6) is 0 Å². The second-order valence-electron chi connectivity index (χ2n) is 4.56. The zero-order valence-corrected chi connectivity index (χ0v) is 13.0. The Morgan fingerprint density at radius 2 is 2.05 bits per heavy atom. The number of nitriles is 1. The molecule has 0 spiro atoms. The zero-order chi connectivity index (χ0) is 15.0. The number of benzene rings is 2. The Hall–Kier alpha value is -2.09. The van der Waals surface area contributed by atoms with E-state index in [-0.39, 0.29) is 5.78 Å². The van der Waals surface area contributed by atoms with Gasteiger partial charge >= 0.3 is 0 Å². The van der Waals surface area contributed by atoms with Crippen LogP contribution in [0, 0.1) is 11.3 Å². The fourth-order valence-corrected chi connectivity index (χ4v) is 3.08. The fourth-order valence-electron chi connectivity index (χ4n) is 2.22. The predicted molar refractivity (Wildman–Crippen MR) is 85.6 cm³/mol.